The molecule has 4 aliphatic carbocycles. The zero-order valence-electron chi connectivity index (χ0n) is 18.7. The van der Waals surface area contributed by atoms with Gasteiger partial charge in [-0.05, 0) is 74.0 Å². The van der Waals surface area contributed by atoms with Crippen molar-refractivity contribution in [2.45, 2.75) is 44.9 Å². The summed E-state index contributed by atoms with van der Waals surface area (Å²) in [7, 11) is 0. The highest BCUT2D eigenvalue weighted by atomic mass is 16.2. The van der Waals surface area contributed by atoms with Crippen LogP contribution in [0.3, 0.4) is 0 Å². The number of para-hydroxylation sites is 1. The summed E-state index contributed by atoms with van der Waals surface area (Å²) in [6.07, 6.45) is 11.5. The van der Waals surface area contributed by atoms with Crippen molar-refractivity contribution in [3.63, 3.8) is 0 Å². The van der Waals surface area contributed by atoms with Crippen LogP contribution < -0.4 is 0 Å². The number of benzene rings is 1. The van der Waals surface area contributed by atoms with E-state index < -0.39 is 0 Å². The summed E-state index contributed by atoms with van der Waals surface area (Å²) < 4.78 is 1.81. The lowest BCUT2D eigenvalue weighted by atomic mass is 9.49. The number of hydrogen-bond acceptors (Lipinski definition) is 3. The van der Waals surface area contributed by atoms with Crippen LogP contribution >= 0.6 is 0 Å². The highest BCUT2D eigenvalue weighted by Gasteiger charge is 2.55. The molecule has 5 aliphatic rings. The lowest BCUT2D eigenvalue weighted by Crippen LogP contribution is -2.58. The van der Waals surface area contributed by atoms with Gasteiger partial charge in [-0.25, -0.2) is 4.68 Å². The molecule has 4 bridgehead atoms. The standard InChI is InChI=1S/C26H32N4O2/c31-24(13-22-17-27-30(18-22)23-4-2-1-3-5-23)28-6-8-29(9-7-28)25(32)26-14-19-10-20(15-26)12-21(11-19)16-26/h1-5,17-21H,6-16H2. The van der Waals surface area contributed by atoms with Crippen LogP contribution in [-0.4, -0.2) is 57.6 Å². The predicted octanol–water partition coefficient (Wildman–Crippen LogP) is 3.30. The average Bonchev–Trinajstić information content (AvgIpc) is 3.27. The molecular formula is C26H32N4O2. The van der Waals surface area contributed by atoms with Crippen molar-refractivity contribution in [2.75, 3.05) is 26.2 Å². The maximum Gasteiger partial charge on any atom is 0.228 e. The lowest BCUT2D eigenvalue weighted by Gasteiger charge is -2.57. The summed E-state index contributed by atoms with van der Waals surface area (Å²) in [6.45, 7) is 2.64. The number of amides is 2. The van der Waals surface area contributed by atoms with Crippen LogP contribution in [0.15, 0.2) is 42.7 Å². The van der Waals surface area contributed by atoms with E-state index in [-0.39, 0.29) is 11.3 Å². The summed E-state index contributed by atoms with van der Waals surface area (Å²) in [4.78, 5) is 30.5. The summed E-state index contributed by atoms with van der Waals surface area (Å²) in [6, 6.07) is 9.93. The van der Waals surface area contributed by atoms with Gasteiger partial charge in [0.15, 0.2) is 0 Å². The van der Waals surface area contributed by atoms with Crippen molar-refractivity contribution in [3.8, 4) is 5.69 Å². The molecule has 0 unspecified atom stereocenters. The number of piperazine rings is 1. The molecule has 4 saturated carbocycles. The van der Waals surface area contributed by atoms with Crippen molar-refractivity contribution in [1.82, 2.24) is 19.6 Å². The smallest absolute Gasteiger partial charge is 0.228 e. The Balaban J connectivity index is 1.05. The van der Waals surface area contributed by atoms with Gasteiger partial charge < -0.3 is 9.80 Å². The fourth-order valence-corrected chi connectivity index (χ4v) is 7.33. The monoisotopic (exact) mass is 432 g/mol. The molecule has 0 radical (unpaired) electrons. The minimum Gasteiger partial charge on any atom is -0.339 e. The van der Waals surface area contributed by atoms with Gasteiger partial charge in [0.25, 0.3) is 0 Å². The Hall–Kier alpha value is -2.63. The van der Waals surface area contributed by atoms with E-state index in [4.69, 9.17) is 0 Å². The molecule has 1 saturated heterocycles. The fraction of sp³-hybridized carbons (Fsp3) is 0.577. The number of rotatable bonds is 4. The van der Waals surface area contributed by atoms with E-state index in [0.29, 0.717) is 38.5 Å². The highest BCUT2D eigenvalue weighted by molar-refractivity contribution is 5.84. The molecule has 2 amide bonds. The zero-order chi connectivity index (χ0) is 21.7. The van der Waals surface area contributed by atoms with E-state index in [1.807, 2.05) is 46.1 Å². The van der Waals surface area contributed by atoms with E-state index in [1.54, 1.807) is 6.20 Å². The predicted molar refractivity (Wildman–Crippen MR) is 121 cm³/mol. The van der Waals surface area contributed by atoms with Gasteiger partial charge in [-0.1, -0.05) is 18.2 Å². The number of carbonyl (C=O) groups is 2. The number of carbonyl (C=O) groups excluding carboxylic acids is 2. The van der Waals surface area contributed by atoms with Gasteiger partial charge in [0.2, 0.25) is 11.8 Å². The molecular weight excluding hydrogens is 400 g/mol. The molecule has 2 heterocycles. The summed E-state index contributed by atoms with van der Waals surface area (Å²) in [5.74, 6) is 2.87. The first-order valence-electron chi connectivity index (χ1n) is 12.2. The zero-order valence-corrected chi connectivity index (χ0v) is 18.7. The lowest BCUT2D eigenvalue weighted by molar-refractivity contribution is -0.160. The maximum absolute atomic E-state index is 13.6. The Labute approximate surface area is 189 Å². The number of hydrogen-bond donors (Lipinski definition) is 0. The fourth-order valence-electron chi connectivity index (χ4n) is 7.33. The van der Waals surface area contributed by atoms with Gasteiger partial charge in [0, 0.05) is 32.4 Å². The second kappa shape index (κ2) is 7.75. The number of nitrogens with zero attached hydrogens (tertiary/aromatic N) is 4. The Bertz CT molecular complexity index is 971. The van der Waals surface area contributed by atoms with Crippen LogP contribution in [0.4, 0.5) is 0 Å². The quantitative estimate of drug-likeness (QED) is 0.745. The van der Waals surface area contributed by atoms with E-state index in [0.717, 1.165) is 48.3 Å². The molecule has 5 fully saturated rings. The highest BCUT2D eigenvalue weighted by Crippen LogP contribution is 2.60. The second-order valence-corrected chi connectivity index (χ2v) is 10.7. The van der Waals surface area contributed by atoms with Crippen LogP contribution in [0, 0.1) is 23.2 Å². The van der Waals surface area contributed by atoms with Crippen LogP contribution in [0.2, 0.25) is 0 Å². The maximum atomic E-state index is 13.6. The van der Waals surface area contributed by atoms with E-state index in [2.05, 4.69) is 10.00 Å². The van der Waals surface area contributed by atoms with Crippen molar-refractivity contribution < 1.29 is 9.59 Å². The molecule has 0 N–H and O–H groups in total. The molecule has 6 heteroatoms. The Kier molecular flexibility index (Phi) is 4.85. The third-order valence-corrected chi connectivity index (χ3v) is 8.42. The molecule has 168 valence electrons. The van der Waals surface area contributed by atoms with Crippen molar-refractivity contribution in [1.29, 1.82) is 0 Å². The molecule has 32 heavy (non-hydrogen) atoms. The molecule has 1 aromatic heterocycles. The third-order valence-electron chi connectivity index (χ3n) is 8.42. The van der Waals surface area contributed by atoms with E-state index in [9.17, 15) is 9.59 Å². The van der Waals surface area contributed by atoms with Gasteiger partial charge in [0.1, 0.15) is 0 Å². The average molecular weight is 433 g/mol. The molecule has 2 aromatic rings. The van der Waals surface area contributed by atoms with Crippen molar-refractivity contribution in [2.24, 2.45) is 23.2 Å². The summed E-state index contributed by atoms with van der Waals surface area (Å²) in [5, 5.41) is 4.40. The van der Waals surface area contributed by atoms with Gasteiger partial charge >= 0.3 is 0 Å². The van der Waals surface area contributed by atoms with Crippen LogP contribution in [-0.2, 0) is 16.0 Å². The van der Waals surface area contributed by atoms with Crippen LogP contribution in [0.1, 0.15) is 44.1 Å². The summed E-state index contributed by atoms with van der Waals surface area (Å²) >= 11 is 0. The third kappa shape index (κ3) is 3.54. The molecule has 7 rings (SSSR count). The normalized spacial score (nSPS) is 31.2. The number of aromatic nitrogens is 2. The Morgan fingerprint density at radius 1 is 0.875 bits per heavy atom. The first-order chi connectivity index (χ1) is 15.6. The Morgan fingerprint density at radius 2 is 1.47 bits per heavy atom. The minimum absolute atomic E-state index is 0.0764. The molecule has 6 nitrogen and oxygen atoms in total. The van der Waals surface area contributed by atoms with Crippen LogP contribution in [0.25, 0.3) is 5.69 Å². The van der Waals surface area contributed by atoms with Gasteiger partial charge in [-0.15, -0.1) is 0 Å². The largest absolute Gasteiger partial charge is 0.339 e. The van der Waals surface area contributed by atoms with Crippen LogP contribution in [0.5, 0.6) is 0 Å². The minimum atomic E-state index is -0.0764. The molecule has 0 atom stereocenters. The van der Waals surface area contributed by atoms with Gasteiger partial charge in [0.05, 0.1) is 23.7 Å². The first-order valence-corrected chi connectivity index (χ1v) is 12.2. The molecule has 1 aliphatic heterocycles. The van der Waals surface area contributed by atoms with E-state index >= 15 is 0 Å². The topological polar surface area (TPSA) is 58.4 Å². The molecule has 1 aromatic carbocycles. The molecule has 0 spiro atoms. The van der Waals surface area contributed by atoms with E-state index in [1.165, 1.54) is 19.3 Å². The van der Waals surface area contributed by atoms with Gasteiger partial charge in [-0.3, -0.25) is 9.59 Å². The van der Waals surface area contributed by atoms with Crippen molar-refractivity contribution in [3.05, 3.63) is 48.3 Å². The Morgan fingerprint density at radius 3 is 2.09 bits per heavy atom. The van der Waals surface area contributed by atoms with Crippen molar-refractivity contribution >= 4 is 11.8 Å². The second-order valence-electron chi connectivity index (χ2n) is 10.7. The SMILES string of the molecule is O=C(Cc1cnn(-c2ccccc2)c1)N1CCN(C(=O)C23CC4CC(CC(C4)C2)C3)CC1. The first kappa shape index (κ1) is 20.0. The summed E-state index contributed by atoms with van der Waals surface area (Å²) in [5.41, 5.74) is 1.83. The van der Waals surface area contributed by atoms with Gasteiger partial charge in [-0.2, -0.15) is 5.10 Å².